The summed E-state index contributed by atoms with van der Waals surface area (Å²) in [6.45, 7) is 0.0902. The monoisotopic (exact) mass is 325 g/mol. The Bertz CT molecular complexity index is 414. The summed E-state index contributed by atoms with van der Waals surface area (Å²) in [4.78, 5) is 11.8. The van der Waals surface area contributed by atoms with Gasteiger partial charge in [-0.2, -0.15) is 0 Å². The van der Waals surface area contributed by atoms with E-state index in [1.165, 1.54) is 25.7 Å². The van der Waals surface area contributed by atoms with Crippen LogP contribution in [0, 0.1) is 0 Å². The quantitative estimate of drug-likeness (QED) is 0.858. The first-order valence-electron chi connectivity index (χ1n) is 6.92. The number of carbonyl (C=O) groups is 1. The van der Waals surface area contributed by atoms with E-state index in [1.807, 2.05) is 24.3 Å². The third-order valence-corrected chi connectivity index (χ3v) is 3.88. The summed E-state index contributed by atoms with van der Waals surface area (Å²) >= 11 is 3.38. The molecule has 2 rings (SSSR count). The Morgan fingerprint density at radius 1 is 1.26 bits per heavy atom. The average Bonchev–Trinajstić information content (AvgIpc) is 2.65. The molecule has 0 bridgehead atoms. The van der Waals surface area contributed by atoms with Gasteiger partial charge < -0.3 is 10.1 Å². The van der Waals surface area contributed by atoms with Gasteiger partial charge in [-0.15, -0.1) is 0 Å². The molecule has 1 amide bonds. The van der Waals surface area contributed by atoms with Crippen LogP contribution in [0.4, 0.5) is 0 Å². The van der Waals surface area contributed by atoms with Gasteiger partial charge in [0.1, 0.15) is 5.75 Å². The fraction of sp³-hybridized carbons (Fsp3) is 0.533. The van der Waals surface area contributed by atoms with Gasteiger partial charge >= 0.3 is 0 Å². The van der Waals surface area contributed by atoms with Crippen molar-refractivity contribution >= 4 is 21.8 Å². The molecule has 1 aliphatic rings. The standard InChI is InChI=1S/C15H20BrNO2/c16-12-6-5-9-14(10-12)19-11-15(18)17-13-7-3-1-2-4-8-13/h5-6,9-10,13H,1-4,7-8,11H2,(H,17,18). The molecule has 0 heterocycles. The van der Waals surface area contributed by atoms with Crippen molar-refractivity contribution < 1.29 is 9.53 Å². The van der Waals surface area contributed by atoms with Crippen LogP contribution in [0.3, 0.4) is 0 Å². The van der Waals surface area contributed by atoms with Crippen LogP contribution in [0.5, 0.6) is 5.75 Å². The van der Waals surface area contributed by atoms with Gasteiger partial charge in [-0.1, -0.05) is 47.7 Å². The predicted octanol–water partition coefficient (Wildman–Crippen LogP) is 3.67. The molecule has 1 aliphatic carbocycles. The molecule has 104 valence electrons. The molecule has 0 aliphatic heterocycles. The summed E-state index contributed by atoms with van der Waals surface area (Å²) in [6.07, 6.45) is 7.22. The molecule has 0 atom stereocenters. The third-order valence-electron chi connectivity index (χ3n) is 3.39. The zero-order valence-electron chi connectivity index (χ0n) is 11.0. The Balaban J connectivity index is 1.74. The number of halogens is 1. The highest BCUT2D eigenvalue weighted by Crippen LogP contribution is 2.18. The van der Waals surface area contributed by atoms with Gasteiger partial charge in [-0.25, -0.2) is 0 Å². The maximum atomic E-state index is 11.8. The van der Waals surface area contributed by atoms with Gasteiger partial charge in [0.25, 0.3) is 5.91 Å². The second-order valence-corrected chi connectivity index (χ2v) is 5.92. The fourth-order valence-corrected chi connectivity index (χ4v) is 2.78. The Hall–Kier alpha value is -1.03. The number of hydrogen-bond acceptors (Lipinski definition) is 2. The lowest BCUT2D eigenvalue weighted by Crippen LogP contribution is -2.37. The minimum Gasteiger partial charge on any atom is -0.484 e. The van der Waals surface area contributed by atoms with Gasteiger partial charge in [0, 0.05) is 10.5 Å². The Labute approximate surface area is 122 Å². The minimum absolute atomic E-state index is 0.0214. The van der Waals surface area contributed by atoms with Gasteiger partial charge in [0.2, 0.25) is 0 Å². The first-order chi connectivity index (χ1) is 9.24. The van der Waals surface area contributed by atoms with E-state index in [4.69, 9.17) is 4.74 Å². The van der Waals surface area contributed by atoms with Crippen LogP contribution in [0.1, 0.15) is 38.5 Å². The van der Waals surface area contributed by atoms with E-state index in [9.17, 15) is 4.79 Å². The Morgan fingerprint density at radius 2 is 2.00 bits per heavy atom. The number of ether oxygens (including phenoxy) is 1. The molecule has 0 spiro atoms. The average molecular weight is 326 g/mol. The van der Waals surface area contributed by atoms with Gasteiger partial charge in [0.05, 0.1) is 0 Å². The largest absolute Gasteiger partial charge is 0.484 e. The number of carbonyl (C=O) groups excluding carboxylic acids is 1. The smallest absolute Gasteiger partial charge is 0.258 e. The lowest BCUT2D eigenvalue weighted by molar-refractivity contribution is -0.123. The molecular weight excluding hydrogens is 306 g/mol. The second kappa shape index (κ2) is 7.53. The summed E-state index contributed by atoms with van der Waals surface area (Å²) in [5.74, 6) is 0.692. The first kappa shape index (κ1) is 14.4. The van der Waals surface area contributed by atoms with Crippen LogP contribution in [0.15, 0.2) is 28.7 Å². The molecule has 1 aromatic carbocycles. The number of nitrogens with one attached hydrogen (secondary N) is 1. The second-order valence-electron chi connectivity index (χ2n) is 5.00. The minimum atomic E-state index is -0.0214. The van der Waals surface area contributed by atoms with Crippen molar-refractivity contribution in [1.29, 1.82) is 0 Å². The molecular formula is C15H20BrNO2. The van der Waals surface area contributed by atoms with E-state index >= 15 is 0 Å². The topological polar surface area (TPSA) is 38.3 Å². The van der Waals surface area contributed by atoms with Crippen molar-refractivity contribution in [1.82, 2.24) is 5.32 Å². The summed E-state index contributed by atoms with van der Waals surface area (Å²) in [6, 6.07) is 7.87. The van der Waals surface area contributed by atoms with E-state index in [0.29, 0.717) is 11.8 Å². The molecule has 3 nitrogen and oxygen atoms in total. The predicted molar refractivity (Wildman–Crippen MR) is 79.3 cm³/mol. The van der Waals surface area contributed by atoms with Crippen LogP contribution in [-0.2, 0) is 4.79 Å². The van der Waals surface area contributed by atoms with Crippen LogP contribution in [0.2, 0.25) is 0 Å². The molecule has 19 heavy (non-hydrogen) atoms. The highest BCUT2D eigenvalue weighted by molar-refractivity contribution is 9.10. The fourth-order valence-electron chi connectivity index (χ4n) is 2.40. The van der Waals surface area contributed by atoms with Crippen LogP contribution < -0.4 is 10.1 Å². The van der Waals surface area contributed by atoms with E-state index in [0.717, 1.165) is 17.3 Å². The van der Waals surface area contributed by atoms with Crippen molar-refractivity contribution in [3.63, 3.8) is 0 Å². The zero-order valence-corrected chi connectivity index (χ0v) is 12.6. The molecule has 1 N–H and O–H groups in total. The number of rotatable bonds is 4. The zero-order chi connectivity index (χ0) is 13.5. The van der Waals surface area contributed by atoms with Crippen molar-refractivity contribution in [2.45, 2.75) is 44.6 Å². The summed E-state index contributed by atoms with van der Waals surface area (Å²) in [7, 11) is 0. The summed E-state index contributed by atoms with van der Waals surface area (Å²) in [5, 5.41) is 3.07. The van der Waals surface area contributed by atoms with Gasteiger partial charge in [-0.3, -0.25) is 4.79 Å². The van der Waals surface area contributed by atoms with Crippen LogP contribution >= 0.6 is 15.9 Å². The maximum Gasteiger partial charge on any atom is 0.258 e. The molecule has 1 aromatic rings. The molecule has 0 unspecified atom stereocenters. The maximum absolute atomic E-state index is 11.8. The van der Waals surface area contributed by atoms with E-state index < -0.39 is 0 Å². The molecule has 1 fully saturated rings. The molecule has 0 saturated heterocycles. The van der Waals surface area contributed by atoms with Crippen LogP contribution in [0.25, 0.3) is 0 Å². The van der Waals surface area contributed by atoms with Crippen molar-refractivity contribution in [2.24, 2.45) is 0 Å². The molecule has 0 aromatic heterocycles. The van der Waals surface area contributed by atoms with Crippen molar-refractivity contribution in [2.75, 3.05) is 6.61 Å². The van der Waals surface area contributed by atoms with Crippen LogP contribution in [-0.4, -0.2) is 18.6 Å². The molecule has 0 radical (unpaired) electrons. The lowest BCUT2D eigenvalue weighted by Gasteiger charge is -2.16. The SMILES string of the molecule is O=C(COc1cccc(Br)c1)NC1CCCCCC1. The van der Waals surface area contributed by atoms with Crippen molar-refractivity contribution in [3.05, 3.63) is 28.7 Å². The molecule has 4 heteroatoms. The van der Waals surface area contributed by atoms with E-state index in [1.54, 1.807) is 0 Å². The highest BCUT2D eigenvalue weighted by atomic mass is 79.9. The Kier molecular flexibility index (Phi) is 5.70. The number of benzene rings is 1. The third kappa shape index (κ3) is 5.23. The number of hydrogen-bond donors (Lipinski definition) is 1. The number of amides is 1. The van der Waals surface area contributed by atoms with Gasteiger partial charge in [-0.05, 0) is 31.0 Å². The van der Waals surface area contributed by atoms with Gasteiger partial charge in [0.15, 0.2) is 6.61 Å². The molecule has 1 saturated carbocycles. The normalized spacial score (nSPS) is 16.7. The van der Waals surface area contributed by atoms with E-state index in [-0.39, 0.29) is 12.5 Å². The summed E-state index contributed by atoms with van der Waals surface area (Å²) in [5.41, 5.74) is 0. The lowest BCUT2D eigenvalue weighted by atomic mass is 10.1. The highest BCUT2D eigenvalue weighted by Gasteiger charge is 2.14. The van der Waals surface area contributed by atoms with Crippen molar-refractivity contribution in [3.8, 4) is 5.75 Å². The summed E-state index contributed by atoms with van der Waals surface area (Å²) < 4.78 is 6.43. The Morgan fingerprint density at radius 3 is 2.68 bits per heavy atom. The van der Waals surface area contributed by atoms with E-state index in [2.05, 4.69) is 21.2 Å². The first-order valence-corrected chi connectivity index (χ1v) is 7.71.